The van der Waals surface area contributed by atoms with Gasteiger partial charge in [-0.1, -0.05) is 24.3 Å². The van der Waals surface area contributed by atoms with Gasteiger partial charge in [0.2, 0.25) is 0 Å². The van der Waals surface area contributed by atoms with Crippen LogP contribution in [0.4, 0.5) is 23.2 Å². The first kappa shape index (κ1) is 29.4. The Kier molecular flexibility index (Phi) is 8.60. The molecule has 41 heavy (non-hydrogen) atoms. The van der Waals surface area contributed by atoms with Gasteiger partial charge in [-0.25, -0.2) is 4.39 Å². The lowest BCUT2D eigenvalue weighted by molar-refractivity contribution is -0.149. The lowest BCUT2D eigenvalue weighted by atomic mass is 9.59. The van der Waals surface area contributed by atoms with E-state index in [1.165, 1.54) is 19.1 Å². The number of esters is 1. The van der Waals surface area contributed by atoms with Crippen molar-refractivity contribution in [3.05, 3.63) is 65.5 Å². The molecule has 2 aliphatic heterocycles. The van der Waals surface area contributed by atoms with Gasteiger partial charge < -0.3 is 14.5 Å². The largest absolute Gasteiger partial charge is 0.462 e. The molecule has 2 heterocycles. The minimum Gasteiger partial charge on any atom is -0.462 e. The van der Waals surface area contributed by atoms with E-state index in [-0.39, 0.29) is 35.3 Å². The van der Waals surface area contributed by atoms with Gasteiger partial charge in [0.1, 0.15) is 11.9 Å². The molecule has 0 amide bonds. The molecule has 0 spiro atoms. The number of alkyl halides is 3. The summed E-state index contributed by atoms with van der Waals surface area (Å²) in [4.78, 5) is 16.5. The highest BCUT2D eigenvalue weighted by atomic mass is 19.4. The predicted molar refractivity (Wildman–Crippen MR) is 148 cm³/mol. The van der Waals surface area contributed by atoms with Gasteiger partial charge in [0.05, 0.1) is 17.9 Å². The average Bonchev–Trinajstić information content (AvgIpc) is 3.35. The third-order valence-corrected chi connectivity index (χ3v) is 9.25. The Labute approximate surface area is 239 Å². The number of ether oxygens (including phenoxy) is 1. The molecule has 0 bridgehead atoms. The molecule has 3 unspecified atom stereocenters. The van der Waals surface area contributed by atoms with Crippen LogP contribution in [0.1, 0.15) is 50.2 Å². The molecular weight excluding hydrogens is 534 g/mol. The predicted octanol–water partition coefficient (Wildman–Crippen LogP) is 6.27. The fraction of sp³-hybridized carbons (Fsp3) is 0.562. The van der Waals surface area contributed by atoms with Crippen LogP contribution in [0.15, 0.2) is 48.5 Å². The van der Waals surface area contributed by atoms with E-state index in [0.29, 0.717) is 17.9 Å². The highest BCUT2D eigenvalue weighted by Crippen LogP contribution is 2.51. The minimum absolute atomic E-state index is 0.0137. The highest BCUT2D eigenvalue weighted by Gasteiger charge is 2.53. The van der Waals surface area contributed by atoms with E-state index in [1.54, 1.807) is 30.3 Å². The van der Waals surface area contributed by atoms with Gasteiger partial charge in [0, 0.05) is 44.1 Å². The molecule has 0 aromatic heterocycles. The van der Waals surface area contributed by atoms with Crippen molar-refractivity contribution in [1.82, 2.24) is 4.90 Å². The maximum atomic E-state index is 14.4. The van der Waals surface area contributed by atoms with Crippen molar-refractivity contribution in [3.63, 3.8) is 0 Å². The number of nitrogens with zero attached hydrogens (tertiary/aromatic N) is 3. The fourth-order valence-corrected chi connectivity index (χ4v) is 7.43. The van der Waals surface area contributed by atoms with E-state index in [4.69, 9.17) is 4.74 Å². The Hall–Kier alpha value is -3.12. The van der Waals surface area contributed by atoms with E-state index in [9.17, 15) is 27.6 Å². The molecule has 3 atom stereocenters. The summed E-state index contributed by atoms with van der Waals surface area (Å²) < 4.78 is 58.1. The molecule has 1 aliphatic carbocycles. The van der Waals surface area contributed by atoms with Crippen LogP contribution in [-0.4, -0.2) is 55.9 Å². The second-order valence-corrected chi connectivity index (χ2v) is 12.0. The lowest BCUT2D eigenvalue weighted by Crippen LogP contribution is -2.54. The van der Waals surface area contributed by atoms with Crippen LogP contribution in [0, 0.1) is 34.9 Å². The number of hydrogen-bond donors (Lipinski definition) is 0. The first-order valence-corrected chi connectivity index (χ1v) is 14.5. The number of carbonyl (C=O) groups excluding carboxylic acids is 1. The molecule has 3 fully saturated rings. The van der Waals surface area contributed by atoms with Crippen molar-refractivity contribution >= 4 is 11.7 Å². The van der Waals surface area contributed by atoms with Crippen molar-refractivity contribution < 1.29 is 27.1 Å². The van der Waals surface area contributed by atoms with Crippen LogP contribution in [0.3, 0.4) is 0 Å². The Morgan fingerprint density at radius 2 is 1.76 bits per heavy atom. The number of piperidine rings is 1. The number of likely N-dealkylation sites (tertiary alicyclic amines) is 1. The first-order valence-electron chi connectivity index (χ1n) is 14.5. The van der Waals surface area contributed by atoms with E-state index in [2.05, 4.69) is 15.9 Å². The second kappa shape index (κ2) is 12.0. The van der Waals surface area contributed by atoms with Crippen molar-refractivity contribution in [2.24, 2.45) is 17.8 Å². The highest BCUT2D eigenvalue weighted by molar-refractivity contribution is 5.66. The van der Waals surface area contributed by atoms with E-state index in [1.807, 2.05) is 6.07 Å². The standard InChI is InChI=1S/C32H37F4N3O2/c1-22(40)41-30-7-3-6-29(30)31(21-37,26-4-2-5-27(33)16-26)25-12-14-38(15-13-25)18-24-19-39(20-24)28-10-8-23(9-11-28)17-32(34,35)36/h2,4-5,8-11,16,24-25,29-30H,3,6-7,12-15,17-20H2,1H3. The normalized spacial score (nSPS) is 24.0. The number of anilines is 1. The molecular formula is C32H37F4N3O2. The third-order valence-electron chi connectivity index (χ3n) is 9.25. The molecule has 5 nitrogen and oxygen atoms in total. The van der Waals surface area contributed by atoms with Gasteiger partial charge >= 0.3 is 12.1 Å². The number of hydrogen-bond acceptors (Lipinski definition) is 5. The summed E-state index contributed by atoms with van der Waals surface area (Å²) in [6.07, 6.45) is -1.54. The number of halogens is 4. The van der Waals surface area contributed by atoms with Crippen molar-refractivity contribution in [1.29, 1.82) is 5.26 Å². The zero-order chi connectivity index (χ0) is 29.2. The maximum absolute atomic E-state index is 14.4. The summed E-state index contributed by atoms with van der Waals surface area (Å²) >= 11 is 0. The smallest absolute Gasteiger partial charge is 0.393 e. The molecule has 2 saturated heterocycles. The summed E-state index contributed by atoms with van der Waals surface area (Å²) in [6, 6.07) is 15.7. The Balaban J connectivity index is 1.21. The van der Waals surface area contributed by atoms with Gasteiger partial charge in [-0.15, -0.1) is 0 Å². The molecule has 3 aliphatic rings. The Morgan fingerprint density at radius 1 is 1.05 bits per heavy atom. The molecule has 9 heteroatoms. The zero-order valence-electron chi connectivity index (χ0n) is 23.4. The van der Waals surface area contributed by atoms with Crippen LogP contribution in [0.25, 0.3) is 0 Å². The quantitative estimate of drug-likeness (QED) is 0.276. The number of nitriles is 1. The summed E-state index contributed by atoms with van der Waals surface area (Å²) in [7, 11) is 0. The number of rotatable bonds is 8. The van der Waals surface area contributed by atoms with E-state index in [0.717, 1.165) is 64.1 Å². The average molecular weight is 572 g/mol. The lowest BCUT2D eigenvalue weighted by Gasteiger charge is -2.48. The van der Waals surface area contributed by atoms with Crippen LogP contribution >= 0.6 is 0 Å². The summed E-state index contributed by atoms with van der Waals surface area (Å²) in [5, 5.41) is 10.8. The maximum Gasteiger partial charge on any atom is 0.393 e. The van der Waals surface area contributed by atoms with E-state index >= 15 is 0 Å². The molecule has 2 aromatic carbocycles. The zero-order valence-corrected chi connectivity index (χ0v) is 23.4. The molecule has 0 N–H and O–H groups in total. The topological polar surface area (TPSA) is 56.6 Å². The summed E-state index contributed by atoms with van der Waals surface area (Å²) in [5.41, 5.74) is 0.956. The number of benzene rings is 2. The van der Waals surface area contributed by atoms with Crippen LogP contribution in [0.5, 0.6) is 0 Å². The Morgan fingerprint density at radius 3 is 2.37 bits per heavy atom. The monoisotopic (exact) mass is 571 g/mol. The first-order chi connectivity index (χ1) is 19.6. The van der Waals surface area contributed by atoms with E-state index < -0.39 is 18.0 Å². The molecule has 1 saturated carbocycles. The van der Waals surface area contributed by atoms with Crippen LogP contribution in [0.2, 0.25) is 0 Å². The molecule has 0 radical (unpaired) electrons. The molecule has 5 rings (SSSR count). The van der Waals surface area contributed by atoms with Gasteiger partial charge in [-0.3, -0.25) is 4.79 Å². The van der Waals surface area contributed by atoms with Crippen molar-refractivity contribution in [2.75, 3.05) is 37.6 Å². The third kappa shape index (κ3) is 6.53. The van der Waals surface area contributed by atoms with Gasteiger partial charge in [-0.2, -0.15) is 18.4 Å². The second-order valence-electron chi connectivity index (χ2n) is 12.0. The van der Waals surface area contributed by atoms with Crippen LogP contribution < -0.4 is 4.90 Å². The van der Waals surface area contributed by atoms with Crippen LogP contribution in [-0.2, 0) is 21.4 Å². The van der Waals surface area contributed by atoms with Gasteiger partial charge in [0.15, 0.2) is 0 Å². The SMILES string of the molecule is CC(=O)OC1CCCC1C(C#N)(c1cccc(F)c1)C1CCN(CC2CN(c3ccc(CC(F)(F)F)cc3)C2)CC1. The van der Waals surface area contributed by atoms with Crippen molar-refractivity contribution in [2.45, 2.75) is 63.1 Å². The minimum atomic E-state index is -4.21. The summed E-state index contributed by atoms with van der Waals surface area (Å²) in [5.74, 6) is -0.425. The molecule has 2 aromatic rings. The van der Waals surface area contributed by atoms with Gasteiger partial charge in [-0.05, 0) is 86.5 Å². The molecule has 220 valence electrons. The Bertz CT molecular complexity index is 1250. The number of carbonyl (C=O) groups is 1. The van der Waals surface area contributed by atoms with Crippen molar-refractivity contribution in [3.8, 4) is 6.07 Å². The summed E-state index contributed by atoms with van der Waals surface area (Å²) in [6.45, 7) is 5.70. The van der Waals surface area contributed by atoms with Gasteiger partial charge in [0.25, 0.3) is 0 Å². The fourth-order valence-electron chi connectivity index (χ4n) is 7.43.